The maximum absolute atomic E-state index is 11.5. The van der Waals surface area contributed by atoms with Gasteiger partial charge in [0.1, 0.15) is 0 Å². The fourth-order valence-corrected chi connectivity index (χ4v) is 2.12. The fourth-order valence-electron chi connectivity index (χ4n) is 2.12. The summed E-state index contributed by atoms with van der Waals surface area (Å²) in [6, 6.07) is 0. The highest BCUT2D eigenvalue weighted by Gasteiger charge is 2.57. The van der Waals surface area contributed by atoms with E-state index in [-0.39, 0.29) is 23.8 Å². The number of carbonyl (C=O) groups excluding carboxylic acids is 2. The van der Waals surface area contributed by atoms with Gasteiger partial charge in [0.25, 0.3) is 0 Å². The Hall–Kier alpha value is -1.12. The lowest BCUT2D eigenvalue weighted by Crippen LogP contribution is -2.38. The molecule has 1 aliphatic carbocycles. The van der Waals surface area contributed by atoms with Crippen molar-refractivity contribution in [3.63, 3.8) is 0 Å². The van der Waals surface area contributed by atoms with Crippen molar-refractivity contribution in [2.45, 2.75) is 20.3 Å². The summed E-state index contributed by atoms with van der Waals surface area (Å²) in [6.07, 6.45) is 4.57. The average molecular weight is 180 g/mol. The van der Waals surface area contributed by atoms with E-state index in [1.54, 1.807) is 0 Å². The Bertz CT molecular complexity index is 305. The van der Waals surface area contributed by atoms with Gasteiger partial charge in [-0.1, -0.05) is 19.1 Å². The van der Waals surface area contributed by atoms with Crippen molar-refractivity contribution in [1.82, 2.24) is 0 Å². The van der Waals surface area contributed by atoms with Gasteiger partial charge in [-0.15, -0.1) is 0 Å². The lowest BCUT2D eigenvalue weighted by molar-refractivity contribution is -0.155. The maximum atomic E-state index is 11.5. The second kappa shape index (κ2) is 2.44. The van der Waals surface area contributed by atoms with Crippen LogP contribution in [-0.4, -0.2) is 11.9 Å². The molecule has 1 unspecified atom stereocenters. The zero-order valence-corrected chi connectivity index (χ0v) is 7.74. The Labute approximate surface area is 76.8 Å². The molecule has 3 atom stereocenters. The van der Waals surface area contributed by atoms with Gasteiger partial charge in [0, 0.05) is 0 Å². The van der Waals surface area contributed by atoms with Gasteiger partial charge in [-0.05, 0) is 19.3 Å². The van der Waals surface area contributed by atoms with Crippen molar-refractivity contribution >= 4 is 11.9 Å². The molecular formula is C10H12O3. The first-order chi connectivity index (χ1) is 6.06. The monoisotopic (exact) mass is 180 g/mol. The summed E-state index contributed by atoms with van der Waals surface area (Å²) in [5, 5.41) is 0. The molecule has 0 aromatic carbocycles. The smallest absolute Gasteiger partial charge is 0.320 e. The molecule has 0 radical (unpaired) electrons. The molecule has 0 aromatic rings. The molecule has 1 fully saturated rings. The van der Waals surface area contributed by atoms with Crippen molar-refractivity contribution in [2.24, 2.45) is 17.3 Å². The fraction of sp³-hybridized carbons (Fsp3) is 0.600. The van der Waals surface area contributed by atoms with Gasteiger partial charge >= 0.3 is 11.9 Å². The Kier molecular flexibility index (Phi) is 1.59. The molecule has 3 nitrogen and oxygen atoms in total. The van der Waals surface area contributed by atoms with E-state index in [1.807, 2.05) is 26.0 Å². The lowest BCUT2D eigenvalue weighted by Gasteiger charge is -2.32. The maximum Gasteiger partial charge on any atom is 0.320 e. The van der Waals surface area contributed by atoms with Crippen LogP contribution in [0.4, 0.5) is 0 Å². The quantitative estimate of drug-likeness (QED) is 0.320. The first-order valence-corrected chi connectivity index (χ1v) is 4.49. The van der Waals surface area contributed by atoms with E-state index in [4.69, 9.17) is 0 Å². The molecule has 0 saturated carbocycles. The van der Waals surface area contributed by atoms with Gasteiger partial charge in [0.15, 0.2) is 0 Å². The average Bonchev–Trinajstić information content (AvgIpc) is 2.29. The van der Waals surface area contributed by atoms with E-state index in [9.17, 15) is 9.59 Å². The highest BCUT2D eigenvalue weighted by Crippen LogP contribution is 2.47. The van der Waals surface area contributed by atoms with Crippen LogP contribution >= 0.6 is 0 Å². The summed E-state index contributed by atoms with van der Waals surface area (Å²) in [6.45, 7) is 3.77. The van der Waals surface area contributed by atoms with Crippen LogP contribution in [0.2, 0.25) is 0 Å². The standard InChI is InChI=1S/C10H12O3/c1-6-4-3-5-7-8(11)13-9(12)10(6,7)2/h3-4,6-7H,5H2,1-2H3/t6-,7?,10+/m1/s1. The van der Waals surface area contributed by atoms with Gasteiger partial charge < -0.3 is 4.74 Å². The van der Waals surface area contributed by atoms with Gasteiger partial charge in [0.2, 0.25) is 0 Å². The van der Waals surface area contributed by atoms with Crippen LogP contribution in [0.1, 0.15) is 20.3 Å². The van der Waals surface area contributed by atoms with Crippen LogP contribution in [0, 0.1) is 17.3 Å². The second-order valence-corrected chi connectivity index (χ2v) is 4.00. The summed E-state index contributed by atoms with van der Waals surface area (Å²) in [4.78, 5) is 22.8. The van der Waals surface area contributed by atoms with Crippen LogP contribution in [0.15, 0.2) is 12.2 Å². The molecule has 1 aliphatic heterocycles. The summed E-state index contributed by atoms with van der Waals surface area (Å²) in [5.74, 6) is -0.895. The normalized spacial score (nSPS) is 43.2. The van der Waals surface area contributed by atoms with Crippen LogP contribution in [0.5, 0.6) is 0 Å². The van der Waals surface area contributed by atoms with E-state index < -0.39 is 5.41 Å². The number of rotatable bonds is 0. The molecule has 0 aromatic heterocycles. The van der Waals surface area contributed by atoms with Gasteiger partial charge in [-0.25, -0.2) is 0 Å². The topological polar surface area (TPSA) is 43.4 Å². The number of hydrogen-bond acceptors (Lipinski definition) is 3. The minimum absolute atomic E-state index is 0.0881. The lowest BCUT2D eigenvalue weighted by atomic mass is 9.66. The number of ether oxygens (including phenoxy) is 1. The van der Waals surface area contributed by atoms with Crippen molar-refractivity contribution in [2.75, 3.05) is 0 Å². The van der Waals surface area contributed by atoms with E-state index in [1.165, 1.54) is 0 Å². The van der Waals surface area contributed by atoms with Crippen molar-refractivity contribution < 1.29 is 14.3 Å². The predicted molar refractivity (Wildman–Crippen MR) is 45.6 cm³/mol. The van der Waals surface area contributed by atoms with E-state index in [0.717, 1.165) is 0 Å². The molecule has 0 spiro atoms. The summed E-state index contributed by atoms with van der Waals surface area (Å²) in [7, 11) is 0. The molecule has 2 rings (SSSR count). The number of carbonyl (C=O) groups is 2. The van der Waals surface area contributed by atoms with Crippen LogP contribution in [0.25, 0.3) is 0 Å². The van der Waals surface area contributed by atoms with Crippen LogP contribution in [-0.2, 0) is 14.3 Å². The number of hydrogen-bond donors (Lipinski definition) is 0. The second-order valence-electron chi connectivity index (χ2n) is 4.00. The van der Waals surface area contributed by atoms with Crippen molar-refractivity contribution in [1.29, 1.82) is 0 Å². The largest absolute Gasteiger partial charge is 0.392 e. The number of esters is 2. The molecular weight excluding hydrogens is 168 g/mol. The molecule has 1 heterocycles. The highest BCUT2D eigenvalue weighted by molar-refractivity contribution is 5.99. The SMILES string of the molecule is C[C@@H]1C=CCC2C(=O)OC(=O)[C@]21C. The minimum Gasteiger partial charge on any atom is -0.392 e. The number of allylic oxidation sites excluding steroid dienone is 2. The van der Waals surface area contributed by atoms with Gasteiger partial charge in [-0.2, -0.15) is 0 Å². The molecule has 1 saturated heterocycles. The molecule has 70 valence electrons. The summed E-state index contributed by atoms with van der Waals surface area (Å²) < 4.78 is 4.66. The van der Waals surface area contributed by atoms with E-state index in [0.29, 0.717) is 6.42 Å². The molecule has 0 amide bonds. The molecule has 2 aliphatic rings. The summed E-state index contributed by atoms with van der Waals surface area (Å²) >= 11 is 0. The van der Waals surface area contributed by atoms with Gasteiger partial charge in [0.05, 0.1) is 11.3 Å². The van der Waals surface area contributed by atoms with E-state index in [2.05, 4.69) is 4.74 Å². The Balaban J connectivity index is 2.47. The highest BCUT2D eigenvalue weighted by atomic mass is 16.6. The van der Waals surface area contributed by atoms with Gasteiger partial charge in [-0.3, -0.25) is 9.59 Å². The number of fused-ring (bicyclic) bond motifs is 1. The Morgan fingerprint density at radius 2 is 2.23 bits per heavy atom. The van der Waals surface area contributed by atoms with Crippen LogP contribution in [0.3, 0.4) is 0 Å². The molecule has 13 heavy (non-hydrogen) atoms. The summed E-state index contributed by atoms with van der Waals surface area (Å²) in [5.41, 5.74) is -0.619. The molecule has 0 bridgehead atoms. The molecule has 3 heteroatoms. The zero-order chi connectivity index (χ0) is 9.64. The van der Waals surface area contributed by atoms with E-state index >= 15 is 0 Å². The van der Waals surface area contributed by atoms with Crippen molar-refractivity contribution in [3.8, 4) is 0 Å². The zero-order valence-electron chi connectivity index (χ0n) is 7.74. The molecule has 0 N–H and O–H groups in total. The Morgan fingerprint density at radius 1 is 1.54 bits per heavy atom. The van der Waals surface area contributed by atoms with Crippen LogP contribution < -0.4 is 0 Å². The third kappa shape index (κ3) is 0.900. The third-order valence-electron chi connectivity index (χ3n) is 3.38. The predicted octanol–water partition coefficient (Wildman–Crippen LogP) is 1.29. The van der Waals surface area contributed by atoms with Crippen molar-refractivity contribution in [3.05, 3.63) is 12.2 Å². The minimum atomic E-state index is -0.619. The first-order valence-electron chi connectivity index (χ1n) is 4.49. The third-order valence-corrected chi connectivity index (χ3v) is 3.38. The number of cyclic esters (lactones) is 2. The first kappa shape index (κ1) is 8.48. The Morgan fingerprint density at radius 3 is 2.85 bits per heavy atom.